The lowest BCUT2D eigenvalue weighted by atomic mass is 10.1. The van der Waals surface area contributed by atoms with Crippen LogP contribution in [0.1, 0.15) is 6.92 Å². The van der Waals surface area contributed by atoms with Crippen molar-refractivity contribution in [1.82, 2.24) is 0 Å². The van der Waals surface area contributed by atoms with Gasteiger partial charge >= 0.3 is 0 Å². The molecular formula is C17H18N2O3. The van der Waals surface area contributed by atoms with Gasteiger partial charge in [-0.05, 0) is 31.2 Å². The maximum absolute atomic E-state index is 12.3. The molecule has 22 heavy (non-hydrogen) atoms. The zero-order chi connectivity index (χ0) is 15.5. The molecule has 0 spiro atoms. The summed E-state index contributed by atoms with van der Waals surface area (Å²) in [5.41, 5.74) is 7.12. The van der Waals surface area contributed by atoms with E-state index in [1.165, 1.54) is 0 Å². The molecule has 2 aromatic carbocycles. The summed E-state index contributed by atoms with van der Waals surface area (Å²) >= 11 is 0. The van der Waals surface area contributed by atoms with E-state index in [2.05, 4.69) is 0 Å². The molecule has 1 atom stereocenters. The smallest absolute Gasteiger partial charge is 0.267 e. The average Bonchev–Trinajstić information content (AvgIpc) is 2.52. The van der Waals surface area contributed by atoms with Gasteiger partial charge in [-0.1, -0.05) is 18.2 Å². The third kappa shape index (κ3) is 2.83. The minimum atomic E-state index is -0.522. The number of carbonyl (C=O) groups excluding carboxylic acids is 1. The third-order valence-electron chi connectivity index (χ3n) is 3.52. The van der Waals surface area contributed by atoms with E-state index in [1.807, 2.05) is 30.3 Å². The topological polar surface area (TPSA) is 64.8 Å². The normalized spacial score (nSPS) is 16.9. The number of ether oxygens (including phenoxy) is 2. The van der Waals surface area contributed by atoms with E-state index in [1.54, 1.807) is 30.0 Å². The summed E-state index contributed by atoms with van der Waals surface area (Å²) < 4.78 is 11.3. The van der Waals surface area contributed by atoms with Gasteiger partial charge in [0.15, 0.2) is 6.10 Å². The van der Waals surface area contributed by atoms with Gasteiger partial charge in [-0.3, -0.25) is 4.79 Å². The molecule has 1 amide bonds. The number of nitrogens with zero attached hydrogens (tertiary/aromatic N) is 1. The first kappa shape index (κ1) is 14.3. The number of nitrogen functional groups attached to an aromatic ring is 1. The van der Waals surface area contributed by atoms with E-state index in [4.69, 9.17) is 15.2 Å². The lowest BCUT2D eigenvalue weighted by Gasteiger charge is -2.33. The van der Waals surface area contributed by atoms with Crippen LogP contribution in [-0.4, -0.2) is 25.2 Å². The van der Waals surface area contributed by atoms with Crippen LogP contribution in [0.5, 0.6) is 11.5 Å². The van der Waals surface area contributed by atoms with Crippen LogP contribution in [0.4, 0.5) is 11.4 Å². The highest BCUT2D eigenvalue weighted by atomic mass is 16.5. The van der Waals surface area contributed by atoms with Gasteiger partial charge in [0.25, 0.3) is 5.91 Å². The first-order chi connectivity index (χ1) is 10.6. The van der Waals surface area contributed by atoms with Crippen molar-refractivity contribution in [2.45, 2.75) is 13.0 Å². The Labute approximate surface area is 129 Å². The van der Waals surface area contributed by atoms with Gasteiger partial charge in [0, 0.05) is 11.8 Å². The van der Waals surface area contributed by atoms with Gasteiger partial charge in [0.2, 0.25) is 0 Å². The van der Waals surface area contributed by atoms with E-state index in [0.717, 1.165) is 11.4 Å². The number of benzene rings is 2. The van der Waals surface area contributed by atoms with Gasteiger partial charge in [-0.2, -0.15) is 0 Å². The number of nitrogens with two attached hydrogens (primary N) is 1. The first-order valence-electron chi connectivity index (χ1n) is 7.20. The quantitative estimate of drug-likeness (QED) is 0.881. The molecule has 5 nitrogen and oxygen atoms in total. The van der Waals surface area contributed by atoms with Crippen molar-refractivity contribution < 1.29 is 14.3 Å². The van der Waals surface area contributed by atoms with Crippen LogP contribution in [0.2, 0.25) is 0 Å². The zero-order valence-electron chi connectivity index (χ0n) is 12.4. The van der Waals surface area contributed by atoms with E-state index in [0.29, 0.717) is 24.6 Å². The van der Waals surface area contributed by atoms with Crippen molar-refractivity contribution in [3.8, 4) is 11.5 Å². The van der Waals surface area contributed by atoms with Crippen LogP contribution in [0.3, 0.4) is 0 Å². The highest BCUT2D eigenvalue weighted by Gasteiger charge is 2.31. The van der Waals surface area contributed by atoms with Crippen molar-refractivity contribution in [2.24, 2.45) is 0 Å². The molecule has 3 rings (SSSR count). The second-order valence-corrected chi connectivity index (χ2v) is 5.14. The number of hydrogen-bond donors (Lipinski definition) is 1. The number of rotatable bonds is 4. The zero-order valence-corrected chi connectivity index (χ0v) is 12.4. The highest BCUT2D eigenvalue weighted by molar-refractivity contribution is 6.00. The van der Waals surface area contributed by atoms with E-state index in [-0.39, 0.29) is 5.91 Å². The lowest BCUT2D eigenvalue weighted by molar-refractivity contribution is -0.125. The fourth-order valence-corrected chi connectivity index (χ4v) is 2.43. The van der Waals surface area contributed by atoms with Crippen molar-refractivity contribution in [3.63, 3.8) is 0 Å². The second kappa shape index (κ2) is 5.97. The van der Waals surface area contributed by atoms with Gasteiger partial charge in [-0.25, -0.2) is 0 Å². The van der Waals surface area contributed by atoms with Gasteiger partial charge in [-0.15, -0.1) is 0 Å². The van der Waals surface area contributed by atoms with Crippen molar-refractivity contribution in [1.29, 1.82) is 0 Å². The number of anilines is 2. The molecule has 5 heteroatoms. The van der Waals surface area contributed by atoms with Crippen molar-refractivity contribution in [2.75, 3.05) is 23.8 Å². The molecule has 0 saturated heterocycles. The van der Waals surface area contributed by atoms with E-state index < -0.39 is 6.10 Å². The van der Waals surface area contributed by atoms with Crippen LogP contribution < -0.4 is 20.1 Å². The Morgan fingerprint density at radius 1 is 1.23 bits per heavy atom. The molecule has 0 fully saturated rings. The van der Waals surface area contributed by atoms with Crippen LogP contribution in [0.25, 0.3) is 0 Å². The van der Waals surface area contributed by atoms with Gasteiger partial charge < -0.3 is 20.1 Å². The molecule has 2 aromatic rings. The molecule has 0 aliphatic carbocycles. The average molecular weight is 298 g/mol. The second-order valence-electron chi connectivity index (χ2n) is 5.14. The summed E-state index contributed by atoms with van der Waals surface area (Å²) in [6.45, 7) is 2.60. The number of carbonyl (C=O) groups is 1. The summed E-state index contributed by atoms with van der Waals surface area (Å²) in [5, 5.41) is 0. The molecule has 0 radical (unpaired) electrons. The Morgan fingerprint density at radius 2 is 2.00 bits per heavy atom. The predicted molar refractivity (Wildman–Crippen MR) is 85.2 cm³/mol. The minimum Gasteiger partial charge on any atom is -0.492 e. The summed E-state index contributed by atoms with van der Waals surface area (Å²) in [6.07, 6.45) is -0.522. The summed E-state index contributed by atoms with van der Waals surface area (Å²) in [4.78, 5) is 14.0. The molecule has 2 N–H and O–H groups in total. The molecule has 1 unspecified atom stereocenters. The third-order valence-corrected chi connectivity index (χ3v) is 3.52. The van der Waals surface area contributed by atoms with E-state index >= 15 is 0 Å². The van der Waals surface area contributed by atoms with Crippen LogP contribution in [-0.2, 0) is 4.79 Å². The maximum atomic E-state index is 12.3. The number of amides is 1. The molecule has 0 saturated carbocycles. The van der Waals surface area contributed by atoms with Crippen LogP contribution in [0.15, 0.2) is 48.5 Å². The Bertz CT molecular complexity index is 673. The molecular weight excluding hydrogens is 280 g/mol. The molecule has 1 aliphatic heterocycles. The fourth-order valence-electron chi connectivity index (χ4n) is 2.43. The van der Waals surface area contributed by atoms with Crippen LogP contribution in [0, 0.1) is 0 Å². The largest absolute Gasteiger partial charge is 0.492 e. The SMILES string of the molecule is CC1Oc2cc(N)ccc2N(CCOc2ccccc2)C1=O. The number of hydrogen-bond acceptors (Lipinski definition) is 4. The number of fused-ring (bicyclic) bond motifs is 1. The predicted octanol–water partition coefficient (Wildman–Crippen LogP) is 2.46. The standard InChI is InChI=1S/C17H18N2O3/c1-12-17(20)19(9-10-21-14-5-3-2-4-6-14)15-8-7-13(18)11-16(15)22-12/h2-8,11-12H,9-10,18H2,1H3. The Hall–Kier alpha value is -2.69. The Morgan fingerprint density at radius 3 is 2.77 bits per heavy atom. The van der Waals surface area contributed by atoms with Crippen molar-refractivity contribution >= 4 is 17.3 Å². The molecule has 1 aliphatic rings. The molecule has 0 aromatic heterocycles. The van der Waals surface area contributed by atoms with E-state index in [9.17, 15) is 4.79 Å². The summed E-state index contributed by atoms with van der Waals surface area (Å²) in [7, 11) is 0. The maximum Gasteiger partial charge on any atom is 0.267 e. The monoisotopic (exact) mass is 298 g/mol. The Balaban J connectivity index is 1.73. The Kier molecular flexibility index (Phi) is 3.87. The minimum absolute atomic E-state index is 0.0751. The highest BCUT2D eigenvalue weighted by Crippen LogP contribution is 2.35. The number of para-hydroxylation sites is 1. The molecule has 1 heterocycles. The summed E-state index contributed by atoms with van der Waals surface area (Å²) in [5.74, 6) is 1.34. The molecule has 0 bridgehead atoms. The fraction of sp³-hybridized carbons (Fsp3) is 0.235. The summed E-state index contributed by atoms with van der Waals surface area (Å²) in [6, 6.07) is 14.8. The van der Waals surface area contributed by atoms with Crippen molar-refractivity contribution in [3.05, 3.63) is 48.5 Å². The van der Waals surface area contributed by atoms with Gasteiger partial charge in [0.1, 0.15) is 18.1 Å². The molecule has 114 valence electrons. The van der Waals surface area contributed by atoms with Crippen LogP contribution >= 0.6 is 0 Å². The van der Waals surface area contributed by atoms with Gasteiger partial charge in [0.05, 0.1) is 12.2 Å². The first-order valence-corrected chi connectivity index (χ1v) is 7.20. The lowest BCUT2D eigenvalue weighted by Crippen LogP contribution is -2.46.